The number of nitrogens with zero attached hydrogens (tertiary/aromatic N) is 3. The Morgan fingerprint density at radius 2 is 2.00 bits per heavy atom. The smallest absolute Gasteiger partial charge is 0.270 e. The molecule has 0 atom stereocenters. The van der Waals surface area contributed by atoms with Gasteiger partial charge in [0.1, 0.15) is 0 Å². The van der Waals surface area contributed by atoms with Crippen molar-refractivity contribution in [1.82, 2.24) is 10.1 Å². The predicted molar refractivity (Wildman–Crippen MR) is 90.9 cm³/mol. The van der Waals surface area contributed by atoms with Gasteiger partial charge in [-0.25, -0.2) is 0 Å². The van der Waals surface area contributed by atoms with E-state index in [0.29, 0.717) is 23.0 Å². The number of benzene rings is 2. The van der Waals surface area contributed by atoms with E-state index < -0.39 is 4.92 Å². The van der Waals surface area contributed by atoms with Gasteiger partial charge in [-0.1, -0.05) is 29.4 Å². The number of nitro benzene ring substituents is 1. The molecular weight excluding hydrogens is 308 g/mol. The van der Waals surface area contributed by atoms with Crippen LogP contribution in [0.2, 0.25) is 0 Å². The normalized spacial score (nSPS) is 11.0. The van der Waals surface area contributed by atoms with Crippen LogP contribution in [-0.4, -0.2) is 15.1 Å². The molecule has 7 heteroatoms. The highest BCUT2D eigenvalue weighted by Crippen LogP contribution is 2.25. The maximum atomic E-state index is 10.8. The van der Waals surface area contributed by atoms with Gasteiger partial charge >= 0.3 is 0 Å². The minimum absolute atomic E-state index is 0.0266. The third-order valence-corrected chi connectivity index (χ3v) is 3.56. The highest BCUT2D eigenvalue weighted by atomic mass is 16.6. The highest BCUT2D eigenvalue weighted by Gasteiger charge is 2.11. The van der Waals surface area contributed by atoms with Gasteiger partial charge in [0, 0.05) is 29.5 Å². The second-order valence-electron chi connectivity index (χ2n) is 5.16. The van der Waals surface area contributed by atoms with Crippen LogP contribution in [0.3, 0.4) is 0 Å². The van der Waals surface area contributed by atoms with Crippen LogP contribution < -0.4 is 5.73 Å². The Morgan fingerprint density at radius 3 is 2.79 bits per heavy atom. The summed E-state index contributed by atoms with van der Waals surface area (Å²) in [6.45, 7) is 1.89. The summed E-state index contributed by atoms with van der Waals surface area (Å²) in [6, 6.07) is 11.8. The van der Waals surface area contributed by atoms with Crippen molar-refractivity contribution in [2.45, 2.75) is 6.92 Å². The van der Waals surface area contributed by atoms with Crippen LogP contribution in [-0.2, 0) is 0 Å². The molecule has 0 saturated heterocycles. The molecule has 2 N–H and O–H groups in total. The zero-order valence-electron chi connectivity index (χ0n) is 12.8. The van der Waals surface area contributed by atoms with Crippen molar-refractivity contribution in [2.24, 2.45) is 0 Å². The lowest BCUT2D eigenvalue weighted by Crippen LogP contribution is -1.92. The molecule has 0 spiro atoms. The Balaban J connectivity index is 1.85. The van der Waals surface area contributed by atoms with Crippen LogP contribution in [0.25, 0.3) is 23.5 Å². The molecule has 0 fully saturated rings. The monoisotopic (exact) mass is 322 g/mol. The molecule has 1 heterocycles. The van der Waals surface area contributed by atoms with Gasteiger partial charge in [-0.2, -0.15) is 4.98 Å². The number of anilines is 1. The minimum atomic E-state index is -0.440. The van der Waals surface area contributed by atoms with Gasteiger partial charge in [0.05, 0.1) is 4.92 Å². The average Bonchev–Trinajstić information content (AvgIpc) is 3.04. The van der Waals surface area contributed by atoms with Crippen molar-refractivity contribution in [3.05, 3.63) is 69.6 Å². The highest BCUT2D eigenvalue weighted by molar-refractivity contribution is 5.70. The van der Waals surface area contributed by atoms with E-state index in [9.17, 15) is 10.1 Å². The van der Waals surface area contributed by atoms with E-state index in [1.807, 2.05) is 25.1 Å². The Labute approximate surface area is 137 Å². The van der Waals surface area contributed by atoms with E-state index in [0.717, 1.165) is 11.1 Å². The maximum Gasteiger partial charge on any atom is 0.270 e. The first kappa shape index (κ1) is 15.4. The fourth-order valence-electron chi connectivity index (χ4n) is 2.22. The van der Waals surface area contributed by atoms with Crippen LogP contribution in [0.15, 0.2) is 47.0 Å². The molecule has 1 aromatic heterocycles. The summed E-state index contributed by atoms with van der Waals surface area (Å²) < 4.78 is 5.19. The number of nitrogen functional groups attached to an aromatic ring is 1. The predicted octanol–water partition coefficient (Wildman–Crippen LogP) is 3.71. The van der Waals surface area contributed by atoms with E-state index in [-0.39, 0.29) is 5.69 Å². The molecule has 0 aliphatic heterocycles. The van der Waals surface area contributed by atoms with Crippen LogP contribution >= 0.6 is 0 Å². The van der Waals surface area contributed by atoms with Gasteiger partial charge in [-0.05, 0) is 30.2 Å². The summed E-state index contributed by atoms with van der Waals surface area (Å²) >= 11 is 0. The van der Waals surface area contributed by atoms with Gasteiger partial charge in [0.25, 0.3) is 11.6 Å². The lowest BCUT2D eigenvalue weighted by Gasteiger charge is -2.03. The number of hydrogen-bond donors (Lipinski definition) is 1. The summed E-state index contributed by atoms with van der Waals surface area (Å²) in [5, 5.41) is 14.7. The van der Waals surface area contributed by atoms with E-state index in [4.69, 9.17) is 10.3 Å². The van der Waals surface area contributed by atoms with Crippen LogP contribution in [0.5, 0.6) is 0 Å². The molecule has 2 aromatic carbocycles. The molecular formula is C17H14N4O3. The first-order valence-electron chi connectivity index (χ1n) is 7.16. The zero-order chi connectivity index (χ0) is 17.1. The van der Waals surface area contributed by atoms with Gasteiger partial charge in [0.2, 0.25) is 5.82 Å². The molecule has 3 aromatic rings. The van der Waals surface area contributed by atoms with Crippen molar-refractivity contribution in [2.75, 3.05) is 5.73 Å². The molecule has 3 rings (SSSR count). The first-order chi connectivity index (χ1) is 11.5. The Kier molecular flexibility index (Phi) is 4.07. The zero-order valence-corrected chi connectivity index (χ0v) is 12.8. The fraction of sp³-hybridized carbons (Fsp3) is 0.0588. The topological polar surface area (TPSA) is 108 Å². The molecule has 0 aliphatic carbocycles. The summed E-state index contributed by atoms with van der Waals surface area (Å²) in [4.78, 5) is 14.6. The van der Waals surface area contributed by atoms with Crippen molar-refractivity contribution >= 4 is 23.5 Å². The lowest BCUT2D eigenvalue weighted by molar-refractivity contribution is -0.384. The Morgan fingerprint density at radius 1 is 1.21 bits per heavy atom. The van der Waals surface area contributed by atoms with Gasteiger partial charge in [-0.15, -0.1) is 0 Å². The third kappa shape index (κ3) is 3.14. The quantitative estimate of drug-likeness (QED) is 0.445. The molecule has 0 bridgehead atoms. The second kappa shape index (κ2) is 6.33. The van der Waals surface area contributed by atoms with Gasteiger partial charge < -0.3 is 10.3 Å². The van der Waals surface area contributed by atoms with Crippen LogP contribution in [0.1, 0.15) is 17.0 Å². The molecule has 7 nitrogen and oxygen atoms in total. The largest absolute Gasteiger partial charge is 0.398 e. The fourth-order valence-corrected chi connectivity index (χ4v) is 2.22. The number of nitrogens with two attached hydrogens (primary N) is 1. The van der Waals surface area contributed by atoms with Gasteiger partial charge in [0.15, 0.2) is 0 Å². The molecule has 0 saturated carbocycles. The standard InChI is InChI=1S/C17H14N4O3/c1-11-14(6-3-7-15(11)18)17-19-16(24-20-17)9-8-12-4-2-5-13(10-12)21(22)23/h2-10H,18H2,1H3/b9-8-. The second-order valence-corrected chi connectivity index (χ2v) is 5.16. The molecule has 120 valence electrons. The van der Waals surface area contributed by atoms with Crippen molar-refractivity contribution in [3.8, 4) is 11.4 Å². The van der Waals surface area contributed by atoms with Crippen LogP contribution in [0, 0.1) is 17.0 Å². The Bertz CT molecular complexity index is 931. The SMILES string of the molecule is Cc1c(N)cccc1-c1noc(/C=C\c2cccc([N+](=O)[O-])c2)n1. The third-order valence-electron chi connectivity index (χ3n) is 3.56. The van der Waals surface area contributed by atoms with Crippen LogP contribution in [0.4, 0.5) is 11.4 Å². The summed E-state index contributed by atoms with van der Waals surface area (Å²) in [5.74, 6) is 0.747. The average molecular weight is 322 g/mol. The number of rotatable bonds is 4. The molecule has 0 amide bonds. The van der Waals surface area contributed by atoms with E-state index in [2.05, 4.69) is 10.1 Å². The molecule has 0 radical (unpaired) electrons. The van der Waals surface area contributed by atoms with Crippen molar-refractivity contribution < 1.29 is 9.45 Å². The summed E-state index contributed by atoms with van der Waals surface area (Å²) in [6.07, 6.45) is 3.29. The number of nitro groups is 1. The van der Waals surface area contributed by atoms with Crippen molar-refractivity contribution in [3.63, 3.8) is 0 Å². The van der Waals surface area contributed by atoms with E-state index in [1.165, 1.54) is 12.1 Å². The summed E-state index contributed by atoms with van der Waals surface area (Å²) in [5.41, 5.74) is 8.92. The van der Waals surface area contributed by atoms with Gasteiger partial charge in [-0.3, -0.25) is 10.1 Å². The lowest BCUT2D eigenvalue weighted by atomic mass is 10.1. The number of hydrogen-bond acceptors (Lipinski definition) is 6. The summed E-state index contributed by atoms with van der Waals surface area (Å²) in [7, 11) is 0. The molecule has 24 heavy (non-hydrogen) atoms. The molecule has 0 aliphatic rings. The van der Waals surface area contributed by atoms with E-state index >= 15 is 0 Å². The Hall–Kier alpha value is -3.48. The number of non-ortho nitro benzene ring substituents is 1. The maximum absolute atomic E-state index is 10.8. The first-order valence-corrected chi connectivity index (χ1v) is 7.16. The minimum Gasteiger partial charge on any atom is -0.398 e. The van der Waals surface area contributed by atoms with Crippen molar-refractivity contribution in [1.29, 1.82) is 0 Å². The molecule has 0 unspecified atom stereocenters. The number of aromatic nitrogens is 2. The van der Waals surface area contributed by atoms with E-state index in [1.54, 1.807) is 24.3 Å².